The van der Waals surface area contributed by atoms with Gasteiger partial charge in [0.1, 0.15) is 0 Å². The maximum Gasteiger partial charge on any atom is 0.0897 e. The molecule has 1 aromatic heterocycles. The van der Waals surface area contributed by atoms with Crippen LogP contribution in [0.3, 0.4) is 0 Å². The molecule has 2 rings (SSSR count). The minimum absolute atomic E-state index is 0.500. The standard InChI is InChI=1S/C16H28N2S/c1-12(2)10-16(7-5-6-8-16)15(17-4)9-14-11-19-13(3)18-14/h11-12,15,17H,5-10H2,1-4H3. The zero-order chi connectivity index (χ0) is 13.9. The highest BCUT2D eigenvalue weighted by Crippen LogP contribution is 2.46. The number of rotatable bonds is 6. The minimum Gasteiger partial charge on any atom is -0.316 e. The van der Waals surface area contributed by atoms with Crippen LogP contribution < -0.4 is 5.32 Å². The molecule has 0 aromatic carbocycles. The lowest BCUT2D eigenvalue weighted by Crippen LogP contribution is -2.44. The molecule has 1 unspecified atom stereocenters. The molecule has 0 saturated heterocycles. The van der Waals surface area contributed by atoms with Crippen molar-refractivity contribution in [2.24, 2.45) is 11.3 Å². The number of thiazole rings is 1. The molecule has 0 spiro atoms. The lowest BCUT2D eigenvalue weighted by molar-refractivity contribution is 0.159. The fourth-order valence-corrected chi connectivity index (χ4v) is 4.55. The first-order valence-electron chi connectivity index (χ1n) is 7.64. The summed E-state index contributed by atoms with van der Waals surface area (Å²) in [5.74, 6) is 0.783. The van der Waals surface area contributed by atoms with Crippen molar-refractivity contribution in [3.8, 4) is 0 Å². The van der Waals surface area contributed by atoms with Crippen LogP contribution in [0.2, 0.25) is 0 Å². The lowest BCUT2D eigenvalue weighted by Gasteiger charge is -2.39. The van der Waals surface area contributed by atoms with E-state index in [-0.39, 0.29) is 0 Å². The van der Waals surface area contributed by atoms with Crippen molar-refractivity contribution < 1.29 is 0 Å². The summed E-state index contributed by atoms with van der Waals surface area (Å²) in [6.45, 7) is 6.82. The molecule has 1 heterocycles. The number of nitrogens with one attached hydrogen (secondary N) is 1. The van der Waals surface area contributed by atoms with E-state index in [4.69, 9.17) is 0 Å². The van der Waals surface area contributed by atoms with Crippen molar-refractivity contribution in [2.75, 3.05) is 7.05 Å². The van der Waals surface area contributed by atoms with Gasteiger partial charge < -0.3 is 5.32 Å². The third kappa shape index (κ3) is 3.57. The number of hydrogen-bond donors (Lipinski definition) is 1. The second-order valence-electron chi connectivity index (χ2n) is 6.57. The second-order valence-corrected chi connectivity index (χ2v) is 7.63. The van der Waals surface area contributed by atoms with E-state index < -0.39 is 0 Å². The lowest BCUT2D eigenvalue weighted by atomic mass is 9.71. The van der Waals surface area contributed by atoms with E-state index >= 15 is 0 Å². The maximum absolute atomic E-state index is 4.66. The molecular weight excluding hydrogens is 252 g/mol. The van der Waals surface area contributed by atoms with Gasteiger partial charge in [0.05, 0.1) is 10.7 Å². The summed E-state index contributed by atoms with van der Waals surface area (Å²) >= 11 is 1.77. The number of aromatic nitrogens is 1. The molecule has 0 radical (unpaired) electrons. The van der Waals surface area contributed by atoms with Gasteiger partial charge in [0.15, 0.2) is 0 Å². The molecule has 0 aliphatic heterocycles. The summed E-state index contributed by atoms with van der Waals surface area (Å²) in [4.78, 5) is 4.66. The van der Waals surface area contributed by atoms with Gasteiger partial charge in [-0.05, 0) is 44.6 Å². The average molecular weight is 280 g/mol. The molecule has 3 heteroatoms. The summed E-state index contributed by atoms with van der Waals surface area (Å²) in [7, 11) is 2.13. The van der Waals surface area contributed by atoms with Crippen LogP contribution in [-0.2, 0) is 6.42 Å². The smallest absolute Gasteiger partial charge is 0.0897 e. The molecule has 1 aliphatic carbocycles. The Morgan fingerprint density at radius 1 is 1.37 bits per heavy atom. The average Bonchev–Trinajstić information content (AvgIpc) is 2.95. The van der Waals surface area contributed by atoms with Crippen molar-refractivity contribution in [1.29, 1.82) is 0 Å². The third-order valence-electron chi connectivity index (χ3n) is 4.58. The van der Waals surface area contributed by atoms with Crippen molar-refractivity contribution in [2.45, 2.75) is 65.3 Å². The minimum atomic E-state index is 0.500. The second kappa shape index (κ2) is 6.36. The first-order valence-corrected chi connectivity index (χ1v) is 8.52. The van der Waals surface area contributed by atoms with Crippen LogP contribution in [0.4, 0.5) is 0 Å². The fourth-order valence-electron chi connectivity index (χ4n) is 3.92. The molecule has 1 fully saturated rings. The van der Waals surface area contributed by atoms with Gasteiger partial charge in [-0.25, -0.2) is 4.98 Å². The predicted octanol–water partition coefficient (Wildman–Crippen LogP) is 4.19. The van der Waals surface area contributed by atoms with Gasteiger partial charge >= 0.3 is 0 Å². The summed E-state index contributed by atoms with van der Waals surface area (Å²) in [5.41, 5.74) is 1.78. The molecule has 1 aliphatic rings. The molecule has 108 valence electrons. The number of hydrogen-bond acceptors (Lipinski definition) is 3. The molecule has 1 aromatic rings. The van der Waals surface area contributed by atoms with E-state index in [2.05, 4.69) is 43.5 Å². The van der Waals surface area contributed by atoms with E-state index in [1.165, 1.54) is 42.8 Å². The summed E-state index contributed by atoms with van der Waals surface area (Å²) < 4.78 is 0. The Bertz CT molecular complexity index is 391. The van der Waals surface area contributed by atoms with Crippen LogP contribution in [0.25, 0.3) is 0 Å². The Balaban J connectivity index is 2.13. The number of nitrogens with zero attached hydrogens (tertiary/aromatic N) is 1. The van der Waals surface area contributed by atoms with Gasteiger partial charge in [-0.1, -0.05) is 26.7 Å². The van der Waals surface area contributed by atoms with Gasteiger partial charge in [-0.15, -0.1) is 11.3 Å². The summed E-state index contributed by atoms with van der Waals surface area (Å²) in [5, 5.41) is 7.04. The van der Waals surface area contributed by atoms with Crippen molar-refractivity contribution in [3.63, 3.8) is 0 Å². The Morgan fingerprint density at radius 2 is 2.05 bits per heavy atom. The zero-order valence-electron chi connectivity index (χ0n) is 12.8. The van der Waals surface area contributed by atoms with E-state index in [0.717, 1.165) is 12.3 Å². The third-order valence-corrected chi connectivity index (χ3v) is 5.40. The highest BCUT2D eigenvalue weighted by molar-refractivity contribution is 7.09. The van der Waals surface area contributed by atoms with Crippen LogP contribution in [0.1, 0.15) is 56.7 Å². The highest BCUT2D eigenvalue weighted by Gasteiger charge is 2.40. The van der Waals surface area contributed by atoms with Crippen molar-refractivity contribution in [3.05, 3.63) is 16.1 Å². The van der Waals surface area contributed by atoms with Crippen molar-refractivity contribution in [1.82, 2.24) is 10.3 Å². The topological polar surface area (TPSA) is 24.9 Å². The maximum atomic E-state index is 4.66. The summed E-state index contributed by atoms with van der Waals surface area (Å²) in [6, 6.07) is 0.582. The van der Waals surface area contributed by atoms with E-state index in [1.807, 2.05) is 0 Å². The molecule has 1 atom stereocenters. The highest BCUT2D eigenvalue weighted by atomic mass is 32.1. The molecule has 0 bridgehead atoms. The first kappa shape index (κ1) is 15.0. The van der Waals surface area contributed by atoms with Crippen LogP contribution in [-0.4, -0.2) is 18.1 Å². The van der Waals surface area contributed by atoms with Gasteiger partial charge in [0.25, 0.3) is 0 Å². The van der Waals surface area contributed by atoms with Gasteiger partial charge in [0.2, 0.25) is 0 Å². The zero-order valence-corrected chi connectivity index (χ0v) is 13.6. The first-order chi connectivity index (χ1) is 9.05. The Kier molecular flexibility index (Phi) is 5.02. The number of aryl methyl sites for hydroxylation is 1. The van der Waals surface area contributed by atoms with Gasteiger partial charge in [-0.2, -0.15) is 0 Å². The molecule has 1 saturated carbocycles. The molecule has 1 N–H and O–H groups in total. The van der Waals surface area contributed by atoms with Crippen LogP contribution in [0, 0.1) is 18.3 Å². The molecular formula is C16H28N2S. The quantitative estimate of drug-likeness (QED) is 0.845. The molecule has 0 amide bonds. The van der Waals surface area contributed by atoms with Crippen molar-refractivity contribution >= 4 is 11.3 Å². The van der Waals surface area contributed by atoms with Crippen LogP contribution in [0.5, 0.6) is 0 Å². The van der Waals surface area contributed by atoms with E-state index in [0.29, 0.717) is 11.5 Å². The SMILES string of the molecule is CNC(Cc1csc(C)n1)C1(CC(C)C)CCCC1. The number of likely N-dealkylation sites (N-methyl/N-ethyl adjacent to an activating group) is 1. The van der Waals surface area contributed by atoms with Gasteiger partial charge in [-0.3, -0.25) is 0 Å². The molecule has 2 nitrogen and oxygen atoms in total. The largest absolute Gasteiger partial charge is 0.316 e. The Morgan fingerprint density at radius 3 is 2.53 bits per heavy atom. The monoisotopic (exact) mass is 280 g/mol. The van der Waals surface area contributed by atoms with Gasteiger partial charge in [0, 0.05) is 17.8 Å². The van der Waals surface area contributed by atoms with E-state index in [1.54, 1.807) is 11.3 Å². The Labute approximate surface area is 122 Å². The predicted molar refractivity (Wildman–Crippen MR) is 83.8 cm³/mol. The fraction of sp³-hybridized carbons (Fsp3) is 0.812. The molecule has 19 heavy (non-hydrogen) atoms. The van der Waals surface area contributed by atoms with Crippen LogP contribution >= 0.6 is 11.3 Å². The van der Waals surface area contributed by atoms with E-state index in [9.17, 15) is 0 Å². The Hall–Kier alpha value is -0.410. The van der Waals surface area contributed by atoms with Crippen LogP contribution in [0.15, 0.2) is 5.38 Å². The normalized spacial score (nSPS) is 20.1. The summed E-state index contributed by atoms with van der Waals surface area (Å²) in [6.07, 6.45) is 8.02.